The minimum absolute atomic E-state index is 0.297. The van der Waals surface area contributed by atoms with Gasteiger partial charge in [-0.1, -0.05) is 0 Å². The topological polar surface area (TPSA) is 40.4 Å². The summed E-state index contributed by atoms with van der Waals surface area (Å²) in [7, 11) is 0. The number of β-amino-alcohol motifs (C(OH)–C–C–N with tert-alkyl or cyclic N) is 1. The maximum Gasteiger partial charge on any atom is 0.0855 e. The molecule has 1 saturated heterocycles. The van der Waals surface area contributed by atoms with Crippen LogP contribution in [0.1, 0.15) is 24.2 Å². The molecule has 1 aliphatic heterocycles. The smallest absolute Gasteiger partial charge is 0.0855 e. The fourth-order valence-corrected chi connectivity index (χ4v) is 2.44. The summed E-state index contributed by atoms with van der Waals surface area (Å²) >= 11 is 0. The first-order valence-corrected chi connectivity index (χ1v) is 6.46. The van der Waals surface area contributed by atoms with Crippen LogP contribution in [-0.2, 0) is 0 Å². The largest absolute Gasteiger partial charge is 0.390 e. The molecule has 0 spiro atoms. The molecule has 0 amide bonds. The highest BCUT2D eigenvalue weighted by molar-refractivity contribution is 5.15. The molecule has 1 aliphatic rings. The molecule has 1 fully saturated rings. The first-order chi connectivity index (χ1) is 8.16. The van der Waals surface area contributed by atoms with Crippen LogP contribution in [0.15, 0.2) is 12.1 Å². The molecule has 1 atom stereocenters. The highest BCUT2D eigenvalue weighted by atomic mass is 16.3. The minimum Gasteiger partial charge on any atom is -0.390 e. The number of aliphatic hydroxyl groups excluding tert-OH is 1. The van der Waals surface area contributed by atoms with Gasteiger partial charge in [-0.25, -0.2) is 0 Å². The van der Waals surface area contributed by atoms with Gasteiger partial charge in [-0.05, 0) is 51.9 Å². The standard InChI is InChI=1S/C13H23N3O/c1-11-5-6-12(2)16(11)14-9-13(17)10-15-7-3-4-8-15/h5-6,13-14,17H,3-4,7-10H2,1-2H3. The molecule has 2 N–H and O–H groups in total. The monoisotopic (exact) mass is 237 g/mol. The molecule has 0 saturated carbocycles. The van der Waals surface area contributed by atoms with Crippen molar-refractivity contribution >= 4 is 0 Å². The Morgan fingerprint density at radius 1 is 1.24 bits per heavy atom. The van der Waals surface area contributed by atoms with Gasteiger partial charge < -0.3 is 15.4 Å². The first-order valence-electron chi connectivity index (χ1n) is 6.46. The van der Waals surface area contributed by atoms with Crippen LogP contribution in [0.2, 0.25) is 0 Å². The van der Waals surface area contributed by atoms with E-state index in [2.05, 4.69) is 36.3 Å². The molecule has 2 rings (SSSR count). The molecule has 17 heavy (non-hydrogen) atoms. The highest BCUT2D eigenvalue weighted by Gasteiger charge is 2.15. The van der Waals surface area contributed by atoms with Crippen LogP contribution < -0.4 is 5.43 Å². The van der Waals surface area contributed by atoms with E-state index in [-0.39, 0.29) is 6.10 Å². The minimum atomic E-state index is -0.297. The van der Waals surface area contributed by atoms with Gasteiger partial charge in [0.15, 0.2) is 0 Å². The van der Waals surface area contributed by atoms with E-state index in [1.165, 1.54) is 24.2 Å². The summed E-state index contributed by atoms with van der Waals surface area (Å²) in [6.45, 7) is 7.79. The van der Waals surface area contributed by atoms with Crippen LogP contribution in [-0.4, -0.2) is 47.0 Å². The second kappa shape index (κ2) is 5.56. The van der Waals surface area contributed by atoms with Gasteiger partial charge in [0, 0.05) is 17.9 Å². The molecule has 0 aromatic carbocycles. The summed E-state index contributed by atoms with van der Waals surface area (Å²) in [5.74, 6) is 0. The quantitative estimate of drug-likeness (QED) is 0.806. The Hall–Kier alpha value is -1.00. The van der Waals surface area contributed by atoms with Gasteiger partial charge in [0.2, 0.25) is 0 Å². The molecular formula is C13H23N3O. The molecule has 1 unspecified atom stereocenters. The number of aryl methyl sites for hydroxylation is 2. The molecule has 96 valence electrons. The van der Waals surface area contributed by atoms with Crippen LogP contribution in [0.4, 0.5) is 0 Å². The van der Waals surface area contributed by atoms with E-state index in [4.69, 9.17) is 0 Å². The third kappa shape index (κ3) is 3.23. The van der Waals surface area contributed by atoms with Crippen molar-refractivity contribution in [3.8, 4) is 0 Å². The van der Waals surface area contributed by atoms with Gasteiger partial charge in [0.05, 0.1) is 12.6 Å². The first kappa shape index (κ1) is 12.5. The Morgan fingerprint density at radius 2 is 1.82 bits per heavy atom. The van der Waals surface area contributed by atoms with Crippen LogP contribution in [0, 0.1) is 13.8 Å². The summed E-state index contributed by atoms with van der Waals surface area (Å²) in [5.41, 5.74) is 5.63. The summed E-state index contributed by atoms with van der Waals surface area (Å²) in [6.07, 6.45) is 2.25. The zero-order valence-electron chi connectivity index (χ0n) is 10.8. The maximum absolute atomic E-state index is 9.97. The average Bonchev–Trinajstić information content (AvgIpc) is 2.88. The summed E-state index contributed by atoms with van der Waals surface area (Å²) in [6, 6.07) is 4.16. The van der Waals surface area contributed by atoms with E-state index in [0.29, 0.717) is 6.54 Å². The molecule has 4 nitrogen and oxygen atoms in total. The molecule has 2 heterocycles. The number of aromatic nitrogens is 1. The Morgan fingerprint density at radius 3 is 2.41 bits per heavy atom. The van der Waals surface area contributed by atoms with Gasteiger partial charge in [-0.3, -0.25) is 4.68 Å². The zero-order valence-corrected chi connectivity index (χ0v) is 10.8. The van der Waals surface area contributed by atoms with Crippen molar-refractivity contribution in [2.45, 2.75) is 32.8 Å². The normalized spacial score (nSPS) is 18.5. The lowest BCUT2D eigenvalue weighted by molar-refractivity contribution is 0.133. The van der Waals surface area contributed by atoms with Crippen LogP contribution >= 0.6 is 0 Å². The Bertz CT molecular complexity index is 336. The Balaban J connectivity index is 1.77. The van der Waals surface area contributed by atoms with Crippen LogP contribution in [0.25, 0.3) is 0 Å². The average molecular weight is 237 g/mol. The fourth-order valence-electron chi connectivity index (χ4n) is 2.44. The molecule has 0 aliphatic carbocycles. The second-order valence-electron chi connectivity index (χ2n) is 4.98. The molecule has 1 aromatic heterocycles. The predicted octanol–water partition coefficient (Wildman–Crippen LogP) is 1.11. The van der Waals surface area contributed by atoms with Gasteiger partial charge in [-0.2, -0.15) is 0 Å². The predicted molar refractivity (Wildman–Crippen MR) is 69.8 cm³/mol. The maximum atomic E-state index is 9.97. The lowest BCUT2D eigenvalue weighted by atomic mass is 10.3. The number of hydrogen-bond donors (Lipinski definition) is 2. The SMILES string of the molecule is Cc1ccc(C)n1NCC(O)CN1CCCC1. The van der Waals surface area contributed by atoms with Crippen molar-refractivity contribution in [1.29, 1.82) is 0 Å². The number of aliphatic hydroxyl groups is 1. The van der Waals surface area contributed by atoms with E-state index in [0.717, 1.165) is 19.6 Å². The van der Waals surface area contributed by atoms with E-state index < -0.39 is 0 Å². The van der Waals surface area contributed by atoms with Crippen molar-refractivity contribution < 1.29 is 5.11 Å². The van der Waals surface area contributed by atoms with Gasteiger partial charge in [-0.15, -0.1) is 0 Å². The molecule has 4 heteroatoms. The number of rotatable bonds is 5. The number of nitrogens with zero attached hydrogens (tertiary/aromatic N) is 2. The van der Waals surface area contributed by atoms with Gasteiger partial charge >= 0.3 is 0 Å². The van der Waals surface area contributed by atoms with Gasteiger partial charge in [0.25, 0.3) is 0 Å². The van der Waals surface area contributed by atoms with Crippen molar-refractivity contribution in [3.63, 3.8) is 0 Å². The van der Waals surface area contributed by atoms with Crippen LogP contribution in [0.3, 0.4) is 0 Å². The third-order valence-corrected chi connectivity index (χ3v) is 3.42. The molecule has 0 bridgehead atoms. The lowest BCUT2D eigenvalue weighted by Crippen LogP contribution is -2.36. The van der Waals surface area contributed by atoms with Crippen molar-refractivity contribution in [1.82, 2.24) is 9.58 Å². The Kier molecular flexibility index (Phi) is 4.07. The van der Waals surface area contributed by atoms with E-state index in [9.17, 15) is 5.11 Å². The number of hydrogen-bond acceptors (Lipinski definition) is 3. The van der Waals surface area contributed by atoms with Crippen molar-refractivity contribution in [2.24, 2.45) is 0 Å². The van der Waals surface area contributed by atoms with Crippen LogP contribution in [0.5, 0.6) is 0 Å². The van der Waals surface area contributed by atoms with Crippen molar-refractivity contribution in [3.05, 3.63) is 23.5 Å². The lowest BCUT2D eigenvalue weighted by Gasteiger charge is -2.21. The molecule has 0 radical (unpaired) electrons. The highest BCUT2D eigenvalue weighted by Crippen LogP contribution is 2.08. The zero-order chi connectivity index (χ0) is 12.3. The van der Waals surface area contributed by atoms with E-state index in [1.54, 1.807) is 0 Å². The van der Waals surface area contributed by atoms with Gasteiger partial charge in [0.1, 0.15) is 0 Å². The number of likely N-dealkylation sites (tertiary alicyclic amines) is 1. The summed E-state index contributed by atoms with van der Waals surface area (Å²) < 4.78 is 2.03. The van der Waals surface area contributed by atoms with E-state index >= 15 is 0 Å². The number of nitrogens with one attached hydrogen (secondary N) is 1. The van der Waals surface area contributed by atoms with Crippen molar-refractivity contribution in [2.75, 3.05) is 31.6 Å². The fraction of sp³-hybridized carbons (Fsp3) is 0.692. The molecule has 1 aromatic rings. The Labute approximate surface area is 103 Å². The van der Waals surface area contributed by atoms with E-state index in [1.807, 2.05) is 4.68 Å². The second-order valence-corrected chi connectivity index (χ2v) is 4.98. The third-order valence-electron chi connectivity index (χ3n) is 3.42. The summed E-state index contributed by atoms with van der Waals surface area (Å²) in [5, 5.41) is 9.97. The molecular weight excluding hydrogens is 214 g/mol. The summed E-state index contributed by atoms with van der Waals surface area (Å²) in [4.78, 5) is 2.34.